The molecular formula is C16H21N3O4. The summed E-state index contributed by atoms with van der Waals surface area (Å²) in [4.78, 5) is 38.9. The van der Waals surface area contributed by atoms with E-state index in [0.717, 1.165) is 32.1 Å². The highest BCUT2D eigenvalue weighted by Crippen LogP contribution is 2.42. The van der Waals surface area contributed by atoms with Crippen molar-refractivity contribution < 1.29 is 19.5 Å². The van der Waals surface area contributed by atoms with Crippen molar-refractivity contribution in [3.05, 3.63) is 30.1 Å². The maximum atomic E-state index is 12.1. The zero-order chi connectivity index (χ0) is 16.7. The molecule has 1 aromatic heterocycles. The van der Waals surface area contributed by atoms with Crippen LogP contribution in [0.5, 0.6) is 0 Å². The molecular weight excluding hydrogens is 298 g/mol. The third kappa shape index (κ3) is 5.05. The van der Waals surface area contributed by atoms with Gasteiger partial charge in [0, 0.05) is 12.6 Å². The summed E-state index contributed by atoms with van der Waals surface area (Å²) >= 11 is 0. The van der Waals surface area contributed by atoms with Gasteiger partial charge in [0.25, 0.3) is 5.91 Å². The van der Waals surface area contributed by atoms with E-state index in [2.05, 4.69) is 15.8 Å². The van der Waals surface area contributed by atoms with E-state index in [1.54, 1.807) is 12.1 Å². The highest BCUT2D eigenvalue weighted by atomic mass is 16.4. The molecule has 0 bridgehead atoms. The van der Waals surface area contributed by atoms with Gasteiger partial charge in [-0.1, -0.05) is 25.3 Å². The molecule has 23 heavy (non-hydrogen) atoms. The number of hydrogen-bond acceptors (Lipinski definition) is 4. The number of aliphatic carboxylic acids is 1. The van der Waals surface area contributed by atoms with Crippen LogP contribution in [0.3, 0.4) is 0 Å². The molecule has 1 heterocycles. The van der Waals surface area contributed by atoms with Gasteiger partial charge in [-0.3, -0.25) is 30.2 Å². The van der Waals surface area contributed by atoms with E-state index >= 15 is 0 Å². The van der Waals surface area contributed by atoms with Crippen molar-refractivity contribution in [3.8, 4) is 0 Å². The second-order valence-corrected chi connectivity index (χ2v) is 6.03. The topological polar surface area (TPSA) is 108 Å². The molecule has 0 aliphatic heterocycles. The summed E-state index contributed by atoms with van der Waals surface area (Å²) < 4.78 is 0. The number of rotatable bonds is 5. The van der Waals surface area contributed by atoms with Gasteiger partial charge in [-0.2, -0.15) is 0 Å². The van der Waals surface area contributed by atoms with Crippen LogP contribution in [0.1, 0.15) is 55.4 Å². The van der Waals surface area contributed by atoms with Crippen molar-refractivity contribution in [2.24, 2.45) is 5.41 Å². The molecule has 0 aromatic carbocycles. The van der Waals surface area contributed by atoms with Gasteiger partial charge in [0.05, 0.1) is 6.42 Å². The minimum atomic E-state index is -0.891. The van der Waals surface area contributed by atoms with E-state index in [1.807, 2.05) is 0 Å². The molecule has 1 saturated carbocycles. The summed E-state index contributed by atoms with van der Waals surface area (Å²) in [7, 11) is 0. The van der Waals surface area contributed by atoms with E-state index in [1.165, 1.54) is 12.3 Å². The maximum Gasteiger partial charge on any atom is 0.303 e. The molecule has 2 rings (SSSR count). The predicted octanol–water partition coefficient (Wildman–Crippen LogP) is 1.66. The third-order valence-corrected chi connectivity index (χ3v) is 4.19. The molecule has 1 aliphatic carbocycles. The summed E-state index contributed by atoms with van der Waals surface area (Å²) in [5.41, 5.74) is 4.35. The Labute approximate surface area is 134 Å². The minimum absolute atomic E-state index is 0.0192. The lowest BCUT2D eigenvalue weighted by Gasteiger charge is -2.35. The Hall–Kier alpha value is -2.44. The van der Waals surface area contributed by atoms with E-state index in [-0.39, 0.29) is 24.4 Å². The fraction of sp³-hybridized carbons (Fsp3) is 0.500. The van der Waals surface area contributed by atoms with Crippen molar-refractivity contribution in [1.82, 2.24) is 15.8 Å². The van der Waals surface area contributed by atoms with Crippen LogP contribution in [0.25, 0.3) is 0 Å². The summed E-state index contributed by atoms with van der Waals surface area (Å²) in [5.74, 6) is -1.77. The molecule has 0 unspecified atom stereocenters. The first-order chi connectivity index (χ1) is 11.0. The Morgan fingerprint density at radius 2 is 1.83 bits per heavy atom. The van der Waals surface area contributed by atoms with Crippen molar-refractivity contribution in [1.29, 1.82) is 0 Å². The maximum absolute atomic E-state index is 12.1. The number of nitrogens with zero attached hydrogens (tertiary/aromatic N) is 1. The predicted molar refractivity (Wildman–Crippen MR) is 82.2 cm³/mol. The van der Waals surface area contributed by atoms with Gasteiger partial charge in [-0.15, -0.1) is 0 Å². The average molecular weight is 319 g/mol. The van der Waals surface area contributed by atoms with Gasteiger partial charge in [-0.05, 0) is 30.4 Å². The van der Waals surface area contributed by atoms with Gasteiger partial charge < -0.3 is 5.11 Å². The Kier molecular flexibility index (Phi) is 5.67. The molecule has 7 heteroatoms. The number of carbonyl (C=O) groups excluding carboxylic acids is 2. The summed E-state index contributed by atoms with van der Waals surface area (Å²) in [6.07, 6.45) is 5.94. The normalized spacial score (nSPS) is 16.3. The fourth-order valence-corrected chi connectivity index (χ4v) is 3.11. The van der Waals surface area contributed by atoms with Crippen LogP contribution in [0.2, 0.25) is 0 Å². The number of carbonyl (C=O) groups is 3. The first-order valence-electron chi connectivity index (χ1n) is 7.73. The smallest absolute Gasteiger partial charge is 0.303 e. The molecule has 7 nitrogen and oxygen atoms in total. The second-order valence-electron chi connectivity index (χ2n) is 6.03. The summed E-state index contributed by atoms with van der Waals surface area (Å²) in [5, 5.41) is 9.10. The molecule has 1 aliphatic rings. The van der Waals surface area contributed by atoms with Crippen LogP contribution in [0.4, 0.5) is 0 Å². The monoisotopic (exact) mass is 319 g/mol. The third-order valence-electron chi connectivity index (χ3n) is 4.19. The summed E-state index contributed by atoms with van der Waals surface area (Å²) in [6.45, 7) is 0. The molecule has 124 valence electrons. The second kappa shape index (κ2) is 7.71. The number of carboxylic acids is 1. The Balaban J connectivity index is 1.89. The number of nitrogens with one attached hydrogen (secondary N) is 2. The van der Waals surface area contributed by atoms with E-state index in [0.29, 0.717) is 0 Å². The quantitative estimate of drug-likeness (QED) is 0.715. The van der Waals surface area contributed by atoms with Gasteiger partial charge in [0.1, 0.15) is 5.69 Å². The van der Waals surface area contributed by atoms with E-state index < -0.39 is 17.3 Å². The zero-order valence-corrected chi connectivity index (χ0v) is 12.9. The molecule has 1 aromatic rings. The van der Waals surface area contributed by atoms with Gasteiger partial charge >= 0.3 is 5.97 Å². The molecule has 0 radical (unpaired) electrons. The Morgan fingerprint density at radius 1 is 1.09 bits per heavy atom. The van der Waals surface area contributed by atoms with Crippen molar-refractivity contribution in [2.45, 2.75) is 44.9 Å². The largest absolute Gasteiger partial charge is 0.481 e. The molecule has 2 amide bonds. The van der Waals surface area contributed by atoms with Crippen molar-refractivity contribution in [3.63, 3.8) is 0 Å². The lowest BCUT2D eigenvalue weighted by molar-refractivity contribution is -0.141. The van der Waals surface area contributed by atoms with Crippen LogP contribution in [-0.4, -0.2) is 27.9 Å². The Bertz CT molecular complexity index is 568. The number of aromatic nitrogens is 1. The van der Waals surface area contributed by atoms with Crippen molar-refractivity contribution in [2.75, 3.05) is 0 Å². The first-order valence-corrected chi connectivity index (χ1v) is 7.73. The van der Waals surface area contributed by atoms with E-state index in [4.69, 9.17) is 5.11 Å². The Morgan fingerprint density at radius 3 is 2.43 bits per heavy atom. The molecule has 1 fully saturated rings. The molecule has 3 N–H and O–H groups in total. The number of hydrogen-bond donors (Lipinski definition) is 3. The highest BCUT2D eigenvalue weighted by Gasteiger charge is 2.36. The first kappa shape index (κ1) is 16.9. The number of pyridine rings is 1. The lowest BCUT2D eigenvalue weighted by atomic mass is 9.69. The SMILES string of the molecule is O=C(O)CC1(CC(=O)NNC(=O)c2ccccn2)CCCCC1. The molecule has 0 spiro atoms. The highest BCUT2D eigenvalue weighted by molar-refractivity contribution is 5.93. The molecule has 0 atom stereocenters. The summed E-state index contributed by atoms with van der Waals surface area (Å²) in [6, 6.07) is 4.90. The number of carboxylic acid groups (broad SMARTS) is 1. The van der Waals surface area contributed by atoms with Crippen LogP contribution < -0.4 is 10.9 Å². The molecule has 0 saturated heterocycles. The standard InChI is InChI=1S/C16H21N3O4/c20-13(18-19-15(23)12-6-2-5-9-17-12)10-16(11-14(21)22)7-3-1-4-8-16/h2,5-6,9H,1,3-4,7-8,10-11H2,(H,18,20)(H,19,23)(H,21,22). The van der Waals surface area contributed by atoms with Gasteiger partial charge in [0.2, 0.25) is 5.91 Å². The van der Waals surface area contributed by atoms with Gasteiger partial charge in [-0.25, -0.2) is 0 Å². The van der Waals surface area contributed by atoms with E-state index in [9.17, 15) is 14.4 Å². The van der Waals surface area contributed by atoms with Crippen LogP contribution in [0.15, 0.2) is 24.4 Å². The minimum Gasteiger partial charge on any atom is -0.481 e. The zero-order valence-electron chi connectivity index (χ0n) is 12.9. The average Bonchev–Trinajstić information content (AvgIpc) is 2.53. The van der Waals surface area contributed by atoms with Crippen molar-refractivity contribution >= 4 is 17.8 Å². The number of hydrazine groups is 1. The van der Waals surface area contributed by atoms with Gasteiger partial charge in [0.15, 0.2) is 0 Å². The van der Waals surface area contributed by atoms with Crippen LogP contribution in [-0.2, 0) is 9.59 Å². The fourth-order valence-electron chi connectivity index (χ4n) is 3.11. The van der Waals surface area contributed by atoms with Crippen LogP contribution >= 0.6 is 0 Å². The van der Waals surface area contributed by atoms with Crippen LogP contribution in [0, 0.1) is 5.41 Å². The number of amides is 2. The lowest BCUT2D eigenvalue weighted by Crippen LogP contribution is -2.44.